The van der Waals surface area contributed by atoms with Gasteiger partial charge in [0.2, 0.25) is 11.7 Å². The molecule has 152 valence electrons. The van der Waals surface area contributed by atoms with Crippen LogP contribution in [-0.2, 0) is 20.5 Å². The maximum absolute atomic E-state index is 13.1. The normalized spacial score (nSPS) is 12.8. The Kier molecular flexibility index (Phi) is 7.22. The van der Waals surface area contributed by atoms with Crippen LogP contribution in [-0.4, -0.2) is 40.7 Å². The molecule has 1 aromatic carbocycles. The van der Waals surface area contributed by atoms with Gasteiger partial charge in [0.25, 0.3) is 0 Å². The van der Waals surface area contributed by atoms with Gasteiger partial charge in [-0.05, 0) is 18.4 Å². The van der Waals surface area contributed by atoms with Crippen LogP contribution in [0.25, 0.3) is 10.9 Å². The van der Waals surface area contributed by atoms with Crippen molar-refractivity contribution in [2.75, 3.05) is 12.9 Å². The average molecular weight is 415 g/mol. The number of hydrogen-bond donors (Lipinski definition) is 1. The van der Waals surface area contributed by atoms with Crippen LogP contribution in [0.1, 0.15) is 26.1 Å². The second-order valence-corrected chi connectivity index (χ2v) is 7.39. The molecule has 0 aliphatic heterocycles. The number of thioether (sulfide) groups is 1. The van der Waals surface area contributed by atoms with E-state index in [0.29, 0.717) is 11.8 Å². The van der Waals surface area contributed by atoms with Gasteiger partial charge < -0.3 is 10.1 Å². The molecule has 1 atom stereocenters. The number of aromatic nitrogens is 2. The number of fused-ring (bicyclic) bond motifs is 1. The first kappa shape index (κ1) is 21.9. The van der Waals surface area contributed by atoms with Crippen LogP contribution in [0.4, 0.5) is 13.2 Å². The van der Waals surface area contributed by atoms with Crippen molar-refractivity contribution in [3.8, 4) is 0 Å². The molecule has 2 aromatic rings. The summed E-state index contributed by atoms with van der Waals surface area (Å²) in [4.78, 5) is 31.2. The van der Waals surface area contributed by atoms with Gasteiger partial charge in [-0.1, -0.05) is 43.8 Å². The van der Waals surface area contributed by atoms with Gasteiger partial charge in [-0.3, -0.25) is 4.79 Å². The summed E-state index contributed by atoms with van der Waals surface area (Å²) in [5, 5.41) is 3.03. The minimum absolute atomic E-state index is 0.0477. The van der Waals surface area contributed by atoms with Gasteiger partial charge in [0.15, 0.2) is 0 Å². The number of alkyl halides is 3. The molecule has 1 heterocycles. The second kappa shape index (κ2) is 9.22. The summed E-state index contributed by atoms with van der Waals surface area (Å²) in [5.74, 6) is -2.40. The van der Waals surface area contributed by atoms with Crippen LogP contribution in [0.2, 0.25) is 0 Å². The van der Waals surface area contributed by atoms with E-state index in [9.17, 15) is 22.8 Å². The summed E-state index contributed by atoms with van der Waals surface area (Å²) in [6, 6.07) is 5.45. The molecule has 0 saturated carbocycles. The maximum atomic E-state index is 13.1. The third-order valence-corrected chi connectivity index (χ3v) is 4.68. The number of para-hydroxylation sites is 1. The third-order valence-electron chi connectivity index (χ3n) is 3.69. The van der Waals surface area contributed by atoms with Crippen molar-refractivity contribution in [1.82, 2.24) is 15.3 Å². The van der Waals surface area contributed by atoms with Crippen LogP contribution in [0.5, 0.6) is 0 Å². The first-order valence-corrected chi connectivity index (χ1v) is 9.44. The van der Waals surface area contributed by atoms with Crippen LogP contribution in [0.3, 0.4) is 0 Å². The van der Waals surface area contributed by atoms with Crippen LogP contribution < -0.4 is 5.32 Å². The predicted molar refractivity (Wildman–Crippen MR) is 98.7 cm³/mol. The molecule has 0 aliphatic rings. The summed E-state index contributed by atoms with van der Waals surface area (Å²) in [6.07, 6.45) is -4.31. The van der Waals surface area contributed by atoms with Crippen LogP contribution in [0, 0.1) is 5.92 Å². The first-order valence-electron chi connectivity index (χ1n) is 8.45. The maximum Gasteiger partial charge on any atom is 0.451 e. The summed E-state index contributed by atoms with van der Waals surface area (Å²) >= 11 is 0.853. The smallest absolute Gasteiger partial charge is 0.451 e. The predicted octanol–water partition coefficient (Wildman–Crippen LogP) is 3.44. The van der Waals surface area contributed by atoms with E-state index in [1.54, 1.807) is 18.2 Å². The molecule has 10 heteroatoms. The Morgan fingerprint density at radius 1 is 1.21 bits per heavy atom. The molecule has 0 aliphatic carbocycles. The molecule has 1 aromatic heterocycles. The Morgan fingerprint density at radius 3 is 2.50 bits per heavy atom. The van der Waals surface area contributed by atoms with E-state index in [4.69, 9.17) is 0 Å². The van der Waals surface area contributed by atoms with Crippen molar-refractivity contribution < 1.29 is 27.5 Å². The Morgan fingerprint density at radius 2 is 1.89 bits per heavy atom. The van der Waals surface area contributed by atoms with Gasteiger partial charge in [0.1, 0.15) is 11.1 Å². The lowest BCUT2D eigenvalue weighted by atomic mass is 10.0. The Hall–Kier alpha value is -2.36. The van der Waals surface area contributed by atoms with Crippen LogP contribution in [0.15, 0.2) is 29.3 Å². The number of carbonyl (C=O) groups is 2. The van der Waals surface area contributed by atoms with Gasteiger partial charge in [0.05, 0.1) is 18.4 Å². The summed E-state index contributed by atoms with van der Waals surface area (Å²) in [5.41, 5.74) is 0.139. The van der Waals surface area contributed by atoms with Gasteiger partial charge in [-0.15, -0.1) is 0 Å². The number of carbonyl (C=O) groups excluding carboxylic acids is 2. The number of esters is 1. The summed E-state index contributed by atoms with van der Waals surface area (Å²) in [6.45, 7) is 3.78. The number of nitrogens with one attached hydrogen (secondary N) is 1. The Labute approximate surface area is 164 Å². The number of methoxy groups -OCH3 is 1. The molecule has 0 radical (unpaired) electrons. The topological polar surface area (TPSA) is 81.2 Å². The number of hydrogen-bond acceptors (Lipinski definition) is 6. The largest absolute Gasteiger partial charge is 0.467 e. The molecule has 0 bridgehead atoms. The molecular weight excluding hydrogens is 395 g/mol. The highest BCUT2D eigenvalue weighted by Crippen LogP contribution is 2.31. The fraction of sp³-hybridized carbons (Fsp3) is 0.444. The van der Waals surface area contributed by atoms with E-state index in [0.717, 1.165) is 11.8 Å². The zero-order valence-corrected chi connectivity index (χ0v) is 16.4. The molecule has 1 amide bonds. The fourth-order valence-corrected chi connectivity index (χ4v) is 3.31. The molecule has 1 N–H and O–H groups in total. The summed E-state index contributed by atoms with van der Waals surface area (Å²) in [7, 11) is 1.22. The van der Waals surface area contributed by atoms with Gasteiger partial charge in [-0.2, -0.15) is 13.2 Å². The van der Waals surface area contributed by atoms with Crippen molar-refractivity contribution in [2.45, 2.75) is 37.5 Å². The number of benzene rings is 1. The highest BCUT2D eigenvalue weighted by atomic mass is 32.2. The van der Waals surface area contributed by atoms with Crippen molar-refractivity contribution in [1.29, 1.82) is 0 Å². The van der Waals surface area contributed by atoms with E-state index < -0.39 is 29.9 Å². The molecule has 6 nitrogen and oxygen atoms in total. The molecule has 2 rings (SSSR count). The number of nitrogens with zero attached hydrogens (tertiary/aromatic N) is 2. The Bertz CT molecular complexity index is 859. The van der Waals surface area contributed by atoms with Gasteiger partial charge in [0, 0.05) is 5.39 Å². The van der Waals surface area contributed by atoms with Crippen LogP contribution >= 0.6 is 11.8 Å². The van der Waals surface area contributed by atoms with E-state index in [1.165, 1.54) is 13.2 Å². The Balaban J connectivity index is 2.18. The number of halogens is 3. The van der Waals surface area contributed by atoms with E-state index in [-0.39, 0.29) is 22.2 Å². The lowest BCUT2D eigenvalue weighted by molar-refractivity contribution is -0.145. The highest BCUT2D eigenvalue weighted by Gasteiger charge is 2.35. The van der Waals surface area contributed by atoms with Crippen molar-refractivity contribution >= 4 is 34.5 Å². The van der Waals surface area contributed by atoms with Crippen molar-refractivity contribution in [3.05, 3.63) is 30.1 Å². The zero-order valence-electron chi connectivity index (χ0n) is 15.5. The van der Waals surface area contributed by atoms with E-state index >= 15 is 0 Å². The molecule has 0 unspecified atom stereocenters. The molecular formula is C18H20F3N3O3S. The highest BCUT2D eigenvalue weighted by molar-refractivity contribution is 8.00. The average Bonchev–Trinajstić information content (AvgIpc) is 2.63. The monoisotopic (exact) mass is 415 g/mol. The lowest BCUT2D eigenvalue weighted by Crippen LogP contribution is -2.43. The number of ether oxygens (including phenoxy) is 1. The number of rotatable bonds is 7. The fourth-order valence-electron chi connectivity index (χ4n) is 2.48. The van der Waals surface area contributed by atoms with Gasteiger partial charge in [-0.25, -0.2) is 14.8 Å². The molecule has 28 heavy (non-hydrogen) atoms. The lowest BCUT2D eigenvalue weighted by Gasteiger charge is -2.18. The zero-order chi connectivity index (χ0) is 20.9. The SMILES string of the molecule is COC(=O)[C@@H](CC(C)C)NC(=O)CSc1nc(C(F)(F)F)nc2ccccc12. The third kappa shape index (κ3) is 5.82. The molecule has 0 spiro atoms. The van der Waals surface area contributed by atoms with Gasteiger partial charge >= 0.3 is 12.1 Å². The number of amides is 1. The van der Waals surface area contributed by atoms with Crippen molar-refractivity contribution in [2.24, 2.45) is 5.92 Å². The minimum atomic E-state index is -4.70. The molecule has 0 fully saturated rings. The first-order chi connectivity index (χ1) is 13.1. The molecule has 0 saturated heterocycles. The quantitative estimate of drug-likeness (QED) is 0.424. The van der Waals surface area contributed by atoms with E-state index in [1.807, 2.05) is 13.8 Å². The minimum Gasteiger partial charge on any atom is -0.467 e. The van der Waals surface area contributed by atoms with Crippen molar-refractivity contribution in [3.63, 3.8) is 0 Å². The second-order valence-electron chi connectivity index (χ2n) is 6.43. The summed E-state index contributed by atoms with van der Waals surface area (Å²) < 4.78 is 43.8. The van der Waals surface area contributed by atoms with E-state index in [2.05, 4.69) is 20.0 Å². The standard InChI is InChI=1S/C18H20F3N3O3S/c1-10(2)8-13(16(26)27-3)22-14(25)9-28-15-11-6-4-5-7-12(11)23-17(24-15)18(19,20)21/h4-7,10,13H,8-9H2,1-3H3,(H,22,25)/t13-/m1/s1.